The van der Waals surface area contributed by atoms with Crippen LogP contribution in [0.2, 0.25) is 5.02 Å². The Bertz CT molecular complexity index is 1200. The molecule has 2 aliphatic rings. The molecule has 1 aliphatic heterocycles. The molecule has 9 heteroatoms. The van der Waals surface area contributed by atoms with Gasteiger partial charge in [-0.1, -0.05) is 43.4 Å². The lowest BCUT2D eigenvalue weighted by Gasteiger charge is -2.31. The van der Waals surface area contributed by atoms with Gasteiger partial charge in [-0.25, -0.2) is 4.98 Å². The molecule has 1 aliphatic carbocycles. The number of aliphatic hydroxyl groups excluding tert-OH is 1. The zero-order chi connectivity index (χ0) is 25.6. The number of carbonyl (C=O) groups excluding carboxylic acids is 1. The quantitative estimate of drug-likeness (QED) is 0.410. The lowest BCUT2D eigenvalue weighted by Crippen LogP contribution is -2.42. The summed E-state index contributed by atoms with van der Waals surface area (Å²) in [5.41, 5.74) is 3.75. The van der Waals surface area contributed by atoms with Crippen LogP contribution in [0, 0.1) is 5.92 Å². The number of hydrogen-bond acceptors (Lipinski definition) is 7. The number of β-amino-alcohol motifs (C(OH)–C–C–N with tert-alkyl or cyclic N) is 1. The third-order valence-corrected chi connectivity index (χ3v) is 7.66. The van der Waals surface area contributed by atoms with Crippen LogP contribution in [-0.2, 0) is 26.0 Å². The third kappa shape index (κ3) is 6.69. The molecule has 0 bridgehead atoms. The zero-order valence-corrected chi connectivity index (χ0v) is 21.6. The van der Waals surface area contributed by atoms with Crippen molar-refractivity contribution in [3.63, 3.8) is 0 Å². The van der Waals surface area contributed by atoms with E-state index in [0.29, 0.717) is 41.1 Å². The van der Waals surface area contributed by atoms with Gasteiger partial charge in [0.05, 0.1) is 17.3 Å². The molecule has 2 N–H and O–H groups in total. The number of carbonyl (C=O) groups is 1. The van der Waals surface area contributed by atoms with Crippen LogP contribution in [0.4, 0.5) is 0 Å². The number of oxazole rings is 1. The van der Waals surface area contributed by atoms with Gasteiger partial charge in [0, 0.05) is 43.6 Å². The van der Waals surface area contributed by atoms with E-state index in [0.717, 1.165) is 36.2 Å². The first-order chi connectivity index (χ1) is 18.0. The Kier molecular flexibility index (Phi) is 8.38. The minimum absolute atomic E-state index is 0.178. The van der Waals surface area contributed by atoms with Crippen LogP contribution in [0.5, 0.6) is 5.75 Å². The molecule has 196 valence electrons. The number of ether oxygens (including phenoxy) is 1. The molecule has 5 rings (SSSR count). The Labute approximate surface area is 222 Å². The molecule has 1 amide bonds. The van der Waals surface area contributed by atoms with E-state index in [1.54, 1.807) is 18.5 Å². The molecular formula is C28H33ClN4O4. The maximum atomic E-state index is 12.7. The summed E-state index contributed by atoms with van der Waals surface area (Å²) < 4.78 is 11.0. The first-order valence-electron chi connectivity index (χ1n) is 13.0. The maximum Gasteiger partial charge on any atom is 0.251 e. The smallest absolute Gasteiger partial charge is 0.251 e. The first-order valence-corrected chi connectivity index (χ1v) is 13.4. The van der Waals surface area contributed by atoms with E-state index >= 15 is 0 Å². The Balaban J connectivity index is 1.10. The number of aliphatic hydroxyl groups is 1. The molecule has 1 aromatic carbocycles. The SMILES string of the molecule is O=C(NC[C@H](O)CN1CCc2c(ccc(OCc3cnco3)c2Cl)C1)c1ccnc(CC2CCCC2)c1. The van der Waals surface area contributed by atoms with Gasteiger partial charge < -0.3 is 19.6 Å². The Morgan fingerprint density at radius 1 is 1.30 bits per heavy atom. The molecule has 37 heavy (non-hydrogen) atoms. The highest BCUT2D eigenvalue weighted by Gasteiger charge is 2.23. The summed E-state index contributed by atoms with van der Waals surface area (Å²) in [5, 5.41) is 14.1. The fraction of sp³-hybridized carbons (Fsp3) is 0.464. The number of nitrogens with one attached hydrogen (secondary N) is 1. The van der Waals surface area contributed by atoms with Crippen molar-refractivity contribution in [3.05, 3.63) is 76.2 Å². The number of nitrogens with zero attached hydrogens (tertiary/aromatic N) is 3. The van der Waals surface area contributed by atoms with E-state index in [2.05, 4.69) is 20.2 Å². The molecule has 3 aromatic rings. The maximum absolute atomic E-state index is 12.7. The molecule has 3 heterocycles. The molecule has 0 unspecified atom stereocenters. The normalized spacial score (nSPS) is 16.9. The highest BCUT2D eigenvalue weighted by Crippen LogP contribution is 2.34. The molecular weight excluding hydrogens is 492 g/mol. The van der Waals surface area contributed by atoms with Gasteiger partial charge in [-0.2, -0.15) is 0 Å². The minimum Gasteiger partial charge on any atom is -0.484 e. The number of fused-ring (bicyclic) bond motifs is 1. The van der Waals surface area contributed by atoms with Crippen molar-refractivity contribution < 1.29 is 19.1 Å². The van der Waals surface area contributed by atoms with Crippen LogP contribution in [0.1, 0.15) is 58.6 Å². The Morgan fingerprint density at radius 2 is 2.16 bits per heavy atom. The summed E-state index contributed by atoms with van der Waals surface area (Å²) in [4.78, 5) is 23.2. The Hall–Kier alpha value is -2.94. The molecule has 0 spiro atoms. The van der Waals surface area contributed by atoms with Crippen molar-refractivity contribution in [3.8, 4) is 5.75 Å². The van der Waals surface area contributed by atoms with Crippen LogP contribution >= 0.6 is 11.6 Å². The second kappa shape index (κ2) is 12.1. The highest BCUT2D eigenvalue weighted by molar-refractivity contribution is 6.33. The van der Waals surface area contributed by atoms with Gasteiger partial charge >= 0.3 is 0 Å². The van der Waals surface area contributed by atoms with Crippen LogP contribution in [0.3, 0.4) is 0 Å². The standard InChI is InChI=1S/C28H33ClN4O4/c29-27-25-8-10-33(15-21(25)5-6-26(27)36-17-24-14-30-18-37-24)16-23(34)13-32-28(35)20-7-9-31-22(12-20)11-19-3-1-2-4-19/h5-7,9,12,14,18-19,23,34H,1-4,8,10-11,13,15-17H2,(H,32,35)/t23-/m0/s1. The summed E-state index contributed by atoms with van der Waals surface area (Å²) in [7, 11) is 0. The third-order valence-electron chi connectivity index (χ3n) is 7.25. The molecule has 1 fully saturated rings. The van der Waals surface area contributed by atoms with Crippen molar-refractivity contribution in [2.45, 2.75) is 57.8 Å². The number of rotatable bonds is 10. The number of hydrogen-bond donors (Lipinski definition) is 2. The summed E-state index contributed by atoms with van der Waals surface area (Å²) in [6.07, 6.45) is 10.8. The van der Waals surface area contributed by atoms with E-state index in [1.807, 2.05) is 18.2 Å². The number of halogens is 1. The lowest BCUT2D eigenvalue weighted by atomic mass is 9.99. The van der Waals surface area contributed by atoms with Crippen LogP contribution < -0.4 is 10.1 Å². The summed E-state index contributed by atoms with van der Waals surface area (Å²) in [5.74, 6) is 1.75. The number of pyridine rings is 1. The van der Waals surface area contributed by atoms with Crippen molar-refractivity contribution >= 4 is 17.5 Å². The Morgan fingerprint density at radius 3 is 2.97 bits per heavy atom. The van der Waals surface area contributed by atoms with Crippen molar-refractivity contribution in [2.75, 3.05) is 19.6 Å². The van der Waals surface area contributed by atoms with E-state index in [9.17, 15) is 9.90 Å². The molecule has 2 aromatic heterocycles. The van der Waals surface area contributed by atoms with Crippen LogP contribution in [0.15, 0.2) is 47.5 Å². The van der Waals surface area contributed by atoms with Crippen LogP contribution in [-0.4, -0.2) is 51.6 Å². The van der Waals surface area contributed by atoms with Gasteiger partial charge in [0.25, 0.3) is 5.91 Å². The lowest BCUT2D eigenvalue weighted by molar-refractivity contribution is 0.0841. The van der Waals surface area contributed by atoms with Crippen molar-refractivity contribution in [2.24, 2.45) is 5.92 Å². The average Bonchev–Trinajstić information content (AvgIpc) is 3.62. The van der Waals surface area contributed by atoms with Gasteiger partial charge in [0.2, 0.25) is 0 Å². The topological polar surface area (TPSA) is 101 Å². The molecule has 1 saturated carbocycles. The highest BCUT2D eigenvalue weighted by atomic mass is 35.5. The first kappa shape index (κ1) is 25.7. The predicted molar refractivity (Wildman–Crippen MR) is 140 cm³/mol. The van der Waals surface area contributed by atoms with E-state index in [4.69, 9.17) is 20.8 Å². The number of amides is 1. The summed E-state index contributed by atoms with van der Waals surface area (Å²) in [6, 6.07) is 7.50. The van der Waals surface area contributed by atoms with Gasteiger partial charge in [-0.3, -0.25) is 14.7 Å². The van der Waals surface area contributed by atoms with Gasteiger partial charge in [0.15, 0.2) is 12.2 Å². The van der Waals surface area contributed by atoms with Gasteiger partial charge in [-0.15, -0.1) is 0 Å². The molecule has 8 nitrogen and oxygen atoms in total. The van der Waals surface area contributed by atoms with Crippen molar-refractivity contribution in [1.29, 1.82) is 0 Å². The molecule has 0 radical (unpaired) electrons. The van der Waals surface area contributed by atoms with Gasteiger partial charge in [0.1, 0.15) is 12.4 Å². The largest absolute Gasteiger partial charge is 0.484 e. The molecule has 0 saturated heterocycles. The molecule has 1 atom stereocenters. The fourth-order valence-corrected chi connectivity index (χ4v) is 5.63. The zero-order valence-electron chi connectivity index (χ0n) is 20.9. The van der Waals surface area contributed by atoms with E-state index in [-0.39, 0.29) is 19.1 Å². The number of benzene rings is 1. The fourth-order valence-electron chi connectivity index (χ4n) is 5.29. The number of aromatic nitrogens is 2. The second-order valence-electron chi connectivity index (χ2n) is 10.0. The average molecular weight is 525 g/mol. The van der Waals surface area contributed by atoms with Gasteiger partial charge in [-0.05, 0) is 48.1 Å². The minimum atomic E-state index is -0.676. The van der Waals surface area contributed by atoms with Crippen molar-refractivity contribution in [1.82, 2.24) is 20.2 Å². The second-order valence-corrected chi connectivity index (χ2v) is 10.4. The predicted octanol–water partition coefficient (Wildman–Crippen LogP) is 4.18. The summed E-state index contributed by atoms with van der Waals surface area (Å²) in [6.45, 7) is 2.36. The monoisotopic (exact) mass is 524 g/mol. The van der Waals surface area contributed by atoms with Crippen LogP contribution in [0.25, 0.3) is 0 Å². The van der Waals surface area contributed by atoms with E-state index in [1.165, 1.54) is 32.1 Å². The van der Waals surface area contributed by atoms with E-state index < -0.39 is 6.10 Å². The summed E-state index contributed by atoms with van der Waals surface area (Å²) >= 11 is 6.63.